The molecule has 7 nitrogen and oxygen atoms in total. The molecule has 1 atom stereocenters. The highest BCUT2D eigenvalue weighted by atomic mass is 32.2. The van der Waals surface area contributed by atoms with Crippen LogP contribution in [0.1, 0.15) is 24.8 Å². The fourth-order valence-electron chi connectivity index (χ4n) is 3.75. The molecule has 1 aromatic heterocycles. The number of aromatic nitrogens is 1. The standard InChI is InChI=1S/C19H22N2O5S/c22-18(21(14-5-6-14)15-7-8-27(24,25)12-15)11-26-19(23)9-13-10-20-17-4-2-1-3-16(13)17/h1-4,10,14-15,20H,5-9,11-12H2/t15-/m0/s1. The normalized spacial score (nSPS) is 21.3. The Hall–Kier alpha value is -2.35. The van der Waals surface area contributed by atoms with Crippen molar-refractivity contribution in [1.82, 2.24) is 9.88 Å². The van der Waals surface area contributed by atoms with Gasteiger partial charge in [-0.05, 0) is 30.9 Å². The van der Waals surface area contributed by atoms with Gasteiger partial charge in [0.25, 0.3) is 5.91 Å². The summed E-state index contributed by atoms with van der Waals surface area (Å²) in [7, 11) is -3.07. The highest BCUT2D eigenvalue weighted by Gasteiger charge is 2.42. The van der Waals surface area contributed by atoms with E-state index in [1.807, 2.05) is 24.3 Å². The van der Waals surface area contributed by atoms with Crippen LogP contribution in [0, 0.1) is 0 Å². The zero-order valence-corrected chi connectivity index (χ0v) is 15.7. The SMILES string of the molecule is O=C(Cc1c[nH]c2ccccc12)OCC(=O)N(C1CC1)[C@H]1CCS(=O)(=O)C1. The minimum Gasteiger partial charge on any atom is -0.455 e. The monoisotopic (exact) mass is 390 g/mol. The molecule has 1 aliphatic carbocycles. The van der Waals surface area contributed by atoms with Gasteiger partial charge in [0.2, 0.25) is 0 Å². The van der Waals surface area contributed by atoms with E-state index < -0.39 is 15.8 Å². The van der Waals surface area contributed by atoms with Crippen LogP contribution in [0.25, 0.3) is 10.9 Å². The summed E-state index contributed by atoms with van der Waals surface area (Å²) in [6, 6.07) is 7.46. The molecule has 0 unspecified atom stereocenters. The van der Waals surface area contributed by atoms with Gasteiger partial charge in [-0.1, -0.05) is 18.2 Å². The minimum absolute atomic E-state index is 0.0124. The average molecular weight is 390 g/mol. The molecule has 144 valence electrons. The first kappa shape index (κ1) is 18.0. The van der Waals surface area contributed by atoms with E-state index in [2.05, 4.69) is 4.98 Å². The molecular formula is C19H22N2O5S. The van der Waals surface area contributed by atoms with E-state index in [4.69, 9.17) is 4.74 Å². The number of para-hydroxylation sites is 1. The number of ether oxygens (including phenoxy) is 1. The zero-order chi connectivity index (χ0) is 19.0. The van der Waals surface area contributed by atoms with E-state index >= 15 is 0 Å². The van der Waals surface area contributed by atoms with Gasteiger partial charge in [-0.15, -0.1) is 0 Å². The van der Waals surface area contributed by atoms with Crippen LogP contribution in [0.4, 0.5) is 0 Å². The number of H-pyrrole nitrogens is 1. The Kier molecular flexibility index (Phi) is 4.67. The van der Waals surface area contributed by atoms with Crippen molar-refractivity contribution in [1.29, 1.82) is 0 Å². The summed E-state index contributed by atoms with van der Waals surface area (Å²) in [6.45, 7) is -0.339. The van der Waals surface area contributed by atoms with Gasteiger partial charge in [0.15, 0.2) is 16.4 Å². The lowest BCUT2D eigenvalue weighted by molar-refractivity contribution is -0.152. The Bertz CT molecular complexity index is 977. The van der Waals surface area contributed by atoms with Crippen molar-refractivity contribution >= 4 is 32.6 Å². The van der Waals surface area contributed by atoms with Gasteiger partial charge in [0, 0.05) is 29.2 Å². The third-order valence-corrected chi connectivity index (χ3v) is 6.95. The molecule has 8 heteroatoms. The lowest BCUT2D eigenvalue weighted by atomic mass is 10.1. The molecule has 4 rings (SSSR count). The Labute approximate surface area is 157 Å². The molecule has 2 aromatic rings. The number of aromatic amines is 1. The first-order valence-corrected chi connectivity index (χ1v) is 11.0. The summed E-state index contributed by atoms with van der Waals surface area (Å²) >= 11 is 0. The highest BCUT2D eigenvalue weighted by Crippen LogP contribution is 2.32. The lowest BCUT2D eigenvalue weighted by Crippen LogP contribution is -2.44. The van der Waals surface area contributed by atoms with Crippen molar-refractivity contribution in [3.8, 4) is 0 Å². The highest BCUT2D eigenvalue weighted by molar-refractivity contribution is 7.91. The Morgan fingerprint density at radius 2 is 1.93 bits per heavy atom. The van der Waals surface area contributed by atoms with E-state index in [1.165, 1.54) is 0 Å². The molecule has 2 fully saturated rings. The molecule has 1 aliphatic heterocycles. The summed E-state index contributed by atoms with van der Waals surface area (Å²) in [6.07, 6.45) is 4.08. The van der Waals surface area contributed by atoms with E-state index in [1.54, 1.807) is 11.1 Å². The second kappa shape index (κ2) is 6.99. The van der Waals surface area contributed by atoms with Crippen LogP contribution >= 0.6 is 0 Å². The number of nitrogens with zero attached hydrogens (tertiary/aromatic N) is 1. The average Bonchev–Trinajstić information content (AvgIpc) is 3.29. The van der Waals surface area contributed by atoms with Gasteiger partial charge >= 0.3 is 5.97 Å². The lowest BCUT2D eigenvalue weighted by Gasteiger charge is -2.28. The largest absolute Gasteiger partial charge is 0.455 e. The number of carbonyl (C=O) groups excluding carboxylic acids is 2. The van der Waals surface area contributed by atoms with Gasteiger partial charge in [-0.2, -0.15) is 0 Å². The van der Waals surface area contributed by atoms with Crippen LogP contribution in [-0.2, 0) is 30.6 Å². The van der Waals surface area contributed by atoms with Crippen LogP contribution in [0.5, 0.6) is 0 Å². The molecule has 0 bridgehead atoms. The maximum absolute atomic E-state index is 12.6. The molecule has 2 aliphatic rings. The maximum Gasteiger partial charge on any atom is 0.310 e. The van der Waals surface area contributed by atoms with Crippen molar-refractivity contribution in [2.24, 2.45) is 0 Å². The number of esters is 1. The molecule has 1 aromatic carbocycles. The first-order valence-electron chi connectivity index (χ1n) is 9.15. The topological polar surface area (TPSA) is 96.5 Å². The summed E-state index contributed by atoms with van der Waals surface area (Å²) < 4.78 is 28.7. The maximum atomic E-state index is 12.6. The number of benzene rings is 1. The van der Waals surface area contributed by atoms with Gasteiger partial charge in [0.05, 0.1) is 17.9 Å². The smallest absolute Gasteiger partial charge is 0.310 e. The van der Waals surface area contributed by atoms with Crippen LogP contribution in [0.3, 0.4) is 0 Å². The van der Waals surface area contributed by atoms with Crippen molar-refractivity contribution in [3.05, 3.63) is 36.0 Å². The summed E-state index contributed by atoms with van der Waals surface area (Å²) in [4.78, 5) is 29.5. The second-order valence-corrected chi connectivity index (χ2v) is 9.51. The number of sulfone groups is 1. The zero-order valence-electron chi connectivity index (χ0n) is 14.9. The van der Waals surface area contributed by atoms with Crippen molar-refractivity contribution in [3.63, 3.8) is 0 Å². The van der Waals surface area contributed by atoms with Crippen molar-refractivity contribution < 1.29 is 22.7 Å². The number of amides is 1. The summed E-state index contributed by atoms with van der Waals surface area (Å²) in [5.74, 6) is -0.637. The van der Waals surface area contributed by atoms with Gasteiger partial charge < -0.3 is 14.6 Å². The van der Waals surface area contributed by atoms with E-state index in [9.17, 15) is 18.0 Å². The number of carbonyl (C=O) groups is 2. The predicted molar refractivity (Wildman–Crippen MR) is 99.9 cm³/mol. The summed E-state index contributed by atoms with van der Waals surface area (Å²) in [5, 5.41) is 0.955. The van der Waals surface area contributed by atoms with E-state index in [0.717, 1.165) is 29.3 Å². The predicted octanol–water partition coefficient (Wildman–Crippen LogP) is 1.43. The quantitative estimate of drug-likeness (QED) is 0.753. The third kappa shape index (κ3) is 4.00. The van der Waals surface area contributed by atoms with Gasteiger partial charge in [0.1, 0.15) is 0 Å². The Balaban J connectivity index is 1.35. The molecule has 1 saturated carbocycles. The van der Waals surface area contributed by atoms with Crippen LogP contribution in [0.2, 0.25) is 0 Å². The van der Waals surface area contributed by atoms with Gasteiger partial charge in [-0.3, -0.25) is 9.59 Å². The molecule has 1 amide bonds. The van der Waals surface area contributed by atoms with Crippen LogP contribution in [0.15, 0.2) is 30.5 Å². The van der Waals surface area contributed by atoms with Crippen LogP contribution < -0.4 is 0 Å². The van der Waals surface area contributed by atoms with Gasteiger partial charge in [-0.25, -0.2) is 8.42 Å². The molecule has 2 heterocycles. The van der Waals surface area contributed by atoms with E-state index in [-0.39, 0.29) is 42.5 Å². The molecule has 27 heavy (non-hydrogen) atoms. The molecule has 0 spiro atoms. The van der Waals surface area contributed by atoms with Crippen molar-refractivity contribution in [2.75, 3.05) is 18.1 Å². The fraction of sp³-hybridized carbons (Fsp3) is 0.474. The fourth-order valence-corrected chi connectivity index (χ4v) is 5.47. The molecule has 0 radical (unpaired) electrons. The molecular weight excluding hydrogens is 368 g/mol. The molecule has 1 saturated heterocycles. The number of nitrogens with one attached hydrogen (secondary N) is 1. The number of rotatable bonds is 6. The second-order valence-electron chi connectivity index (χ2n) is 7.29. The van der Waals surface area contributed by atoms with E-state index in [0.29, 0.717) is 6.42 Å². The third-order valence-electron chi connectivity index (χ3n) is 5.20. The number of hydrogen-bond acceptors (Lipinski definition) is 5. The number of fused-ring (bicyclic) bond motifs is 1. The Morgan fingerprint density at radius 3 is 2.63 bits per heavy atom. The minimum atomic E-state index is -3.07. The number of hydrogen-bond donors (Lipinski definition) is 1. The first-order chi connectivity index (χ1) is 12.9. The van der Waals surface area contributed by atoms with Crippen molar-refractivity contribution in [2.45, 2.75) is 37.8 Å². The van der Waals surface area contributed by atoms with Crippen LogP contribution in [-0.4, -0.2) is 60.4 Å². The molecule has 1 N–H and O–H groups in total. The Morgan fingerprint density at radius 1 is 1.15 bits per heavy atom. The summed E-state index contributed by atoms with van der Waals surface area (Å²) in [5.41, 5.74) is 1.77.